The van der Waals surface area contributed by atoms with E-state index in [1.165, 1.54) is 0 Å². The van der Waals surface area contributed by atoms with Gasteiger partial charge in [0.05, 0.1) is 5.41 Å². The van der Waals surface area contributed by atoms with Crippen molar-refractivity contribution in [2.24, 2.45) is 16.3 Å². The van der Waals surface area contributed by atoms with Crippen LogP contribution in [-0.2, 0) is 14.3 Å². The highest BCUT2D eigenvalue weighted by Gasteiger charge is 2.27. The Balaban J connectivity index is 2.12. The maximum Gasteiger partial charge on any atom is 0.227 e. The molecule has 0 atom stereocenters. The quantitative estimate of drug-likeness (QED) is 0.311. The number of carbonyl (C=O) groups excluding carboxylic acids is 1. The summed E-state index contributed by atoms with van der Waals surface area (Å²) in [4.78, 5) is 16.2. The van der Waals surface area contributed by atoms with Crippen LogP contribution in [0, 0.1) is 11.3 Å². The molecule has 7 heteroatoms. The minimum absolute atomic E-state index is 0.0412. The number of nitrogens with one attached hydrogen (secondary N) is 3. The summed E-state index contributed by atoms with van der Waals surface area (Å²) < 4.78 is 11.1. The summed E-state index contributed by atoms with van der Waals surface area (Å²) in [6.07, 6.45) is 3.13. The summed E-state index contributed by atoms with van der Waals surface area (Å²) in [5, 5.41) is 9.33. The Kier molecular flexibility index (Phi) is 10.5. The molecule has 1 aliphatic heterocycles. The summed E-state index contributed by atoms with van der Waals surface area (Å²) in [6.45, 7) is 11.0. The lowest BCUT2D eigenvalue weighted by Gasteiger charge is -2.25. The first kappa shape index (κ1) is 21.7. The van der Waals surface area contributed by atoms with Crippen LogP contribution in [0.25, 0.3) is 0 Å². The van der Waals surface area contributed by atoms with Crippen LogP contribution in [0.2, 0.25) is 0 Å². The van der Waals surface area contributed by atoms with Crippen molar-refractivity contribution in [2.75, 3.05) is 53.1 Å². The average Bonchev–Trinajstić information content (AvgIpc) is 2.61. The number of hydrogen-bond donors (Lipinski definition) is 3. The molecule has 3 N–H and O–H groups in total. The molecule has 1 saturated heterocycles. The first-order valence-electron chi connectivity index (χ1n) is 9.38. The maximum atomic E-state index is 12.0. The van der Waals surface area contributed by atoms with E-state index in [1.54, 1.807) is 7.05 Å². The fourth-order valence-corrected chi connectivity index (χ4v) is 2.55. The van der Waals surface area contributed by atoms with Gasteiger partial charge in [0.1, 0.15) is 0 Å². The molecule has 0 saturated carbocycles. The molecular formula is C18H36N4O3. The largest absolute Gasteiger partial charge is 0.381 e. The second kappa shape index (κ2) is 12.1. The summed E-state index contributed by atoms with van der Waals surface area (Å²) in [5.74, 6) is 1.40. The summed E-state index contributed by atoms with van der Waals surface area (Å²) in [6, 6.07) is 0. The highest BCUT2D eigenvalue weighted by atomic mass is 16.5. The predicted octanol–water partition coefficient (Wildman–Crippen LogP) is 1.15. The van der Waals surface area contributed by atoms with Crippen LogP contribution in [0.15, 0.2) is 4.99 Å². The van der Waals surface area contributed by atoms with E-state index in [0.29, 0.717) is 25.0 Å². The second-order valence-corrected chi connectivity index (χ2v) is 7.08. The van der Waals surface area contributed by atoms with Crippen LogP contribution < -0.4 is 16.0 Å². The van der Waals surface area contributed by atoms with Crippen molar-refractivity contribution in [2.45, 2.75) is 40.0 Å². The van der Waals surface area contributed by atoms with Gasteiger partial charge in [0.15, 0.2) is 5.96 Å². The van der Waals surface area contributed by atoms with E-state index in [1.807, 2.05) is 20.8 Å². The maximum absolute atomic E-state index is 12.0. The smallest absolute Gasteiger partial charge is 0.227 e. The zero-order valence-corrected chi connectivity index (χ0v) is 16.3. The van der Waals surface area contributed by atoms with Gasteiger partial charge in [-0.15, -0.1) is 0 Å². The number of aliphatic imine (C=N–C) groups is 1. The SMILES string of the molecule is CCNC(=O)C(C)(C)CNC(=NC)NCCCOCC1CCOCC1. The molecule has 1 rings (SSSR count). The number of ether oxygens (including phenoxy) is 2. The van der Waals surface area contributed by atoms with E-state index in [0.717, 1.165) is 52.2 Å². The number of hydrogen-bond acceptors (Lipinski definition) is 4. The molecule has 0 bridgehead atoms. The second-order valence-electron chi connectivity index (χ2n) is 7.08. The Hall–Kier alpha value is -1.34. The minimum atomic E-state index is -0.486. The van der Waals surface area contributed by atoms with Gasteiger partial charge in [-0.3, -0.25) is 9.79 Å². The van der Waals surface area contributed by atoms with E-state index in [4.69, 9.17) is 9.47 Å². The van der Waals surface area contributed by atoms with Crippen LogP contribution in [0.3, 0.4) is 0 Å². The van der Waals surface area contributed by atoms with E-state index in [9.17, 15) is 4.79 Å². The van der Waals surface area contributed by atoms with Gasteiger partial charge in [0.2, 0.25) is 5.91 Å². The van der Waals surface area contributed by atoms with Crippen molar-refractivity contribution >= 4 is 11.9 Å². The molecular weight excluding hydrogens is 320 g/mol. The van der Waals surface area contributed by atoms with Crippen LogP contribution in [-0.4, -0.2) is 65.0 Å². The normalized spacial score (nSPS) is 16.6. The van der Waals surface area contributed by atoms with Gasteiger partial charge in [0, 0.05) is 53.1 Å². The third-order valence-corrected chi connectivity index (χ3v) is 4.33. The lowest BCUT2D eigenvalue weighted by Crippen LogP contribution is -2.48. The first-order chi connectivity index (χ1) is 12.0. The van der Waals surface area contributed by atoms with E-state index in [2.05, 4.69) is 20.9 Å². The Bertz CT molecular complexity index is 407. The zero-order chi connectivity index (χ0) is 18.5. The molecule has 1 amide bonds. The van der Waals surface area contributed by atoms with Crippen LogP contribution in [0.1, 0.15) is 40.0 Å². The van der Waals surface area contributed by atoms with Gasteiger partial charge >= 0.3 is 0 Å². The topological polar surface area (TPSA) is 84.0 Å². The van der Waals surface area contributed by atoms with Crippen LogP contribution >= 0.6 is 0 Å². The van der Waals surface area contributed by atoms with Crippen LogP contribution in [0.5, 0.6) is 0 Å². The number of carbonyl (C=O) groups is 1. The van der Waals surface area contributed by atoms with E-state index in [-0.39, 0.29) is 5.91 Å². The van der Waals surface area contributed by atoms with Crippen molar-refractivity contribution in [3.8, 4) is 0 Å². The van der Waals surface area contributed by atoms with Gasteiger partial charge < -0.3 is 25.4 Å². The van der Waals surface area contributed by atoms with Gasteiger partial charge in [0.25, 0.3) is 0 Å². The molecule has 25 heavy (non-hydrogen) atoms. The van der Waals surface area contributed by atoms with Gasteiger partial charge in [-0.25, -0.2) is 0 Å². The van der Waals surface area contributed by atoms with Crippen molar-refractivity contribution in [1.82, 2.24) is 16.0 Å². The predicted molar refractivity (Wildman–Crippen MR) is 101 cm³/mol. The van der Waals surface area contributed by atoms with Crippen molar-refractivity contribution < 1.29 is 14.3 Å². The Morgan fingerprint density at radius 2 is 1.96 bits per heavy atom. The number of guanidine groups is 1. The number of rotatable bonds is 10. The van der Waals surface area contributed by atoms with Crippen molar-refractivity contribution in [3.63, 3.8) is 0 Å². The average molecular weight is 357 g/mol. The molecule has 7 nitrogen and oxygen atoms in total. The third-order valence-electron chi connectivity index (χ3n) is 4.33. The monoisotopic (exact) mass is 356 g/mol. The summed E-state index contributed by atoms with van der Waals surface area (Å²) in [5.41, 5.74) is -0.486. The van der Waals surface area contributed by atoms with E-state index < -0.39 is 5.41 Å². The number of nitrogens with zero attached hydrogens (tertiary/aromatic N) is 1. The molecule has 1 heterocycles. The molecule has 0 spiro atoms. The third kappa shape index (κ3) is 9.07. The highest BCUT2D eigenvalue weighted by Crippen LogP contribution is 2.14. The Labute approximate surface area is 152 Å². The van der Waals surface area contributed by atoms with Crippen LogP contribution in [0.4, 0.5) is 0 Å². The number of amides is 1. The van der Waals surface area contributed by atoms with Crippen molar-refractivity contribution in [1.29, 1.82) is 0 Å². The zero-order valence-electron chi connectivity index (χ0n) is 16.3. The van der Waals surface area contributed by atoms with Crippen molar-refractivity contribution in [3.05, 3.63) is 0 Å². The van der Waals surface area contributed by atoms with Gasteiger partial charge in [-0.1, -0.05) is 0 Å². The van der Waals surface area contributed by atoms with E-state index >= 15 is 0 Å². The fraction of sp³-hybridized carbons (Fsp3) is 0.889. The fourth-order valence-electron chi connectivity index (χ4n) is 2.55. The first-order valence-corrected chi connectivity index (χ1v) is 9.38. The molecule has 1 aliphatic rings. The molecule has 0 aliphatic carbocycles. The molecule has 146 valence electrons. The highest BCUT2D eigenvalue weighted by molar-refractivity contribution is 5.84. The molecule has 0 aromatic heterocycles. The lowest BCUT2D eigenvalue weighted by atomic mass is 9.92. The molecule has 0 aromatic rings. The Morgan fingerprint density at radius 3 is 2.60 bits per heavy atom. The molecule has 0 unspecified atom stereocenters. The summed E-state index contributed by atoms with van der Waals surface area (Å²) >= 11 is 0. The minimum Gasteiger partial charge on any atom is -0.381 e. The van der Waals surface area contributed by atoms with Gasteiger partial charge in [-0.05, 0) is 46.0 Å². The molecule has 0 radical (unpaired) electrons. The molecule has 0 aromatic carbocycles. The summed E-state index contributed by atoms with van der Waals surface area (Å²) in [7, 11) is 1.73. The Morgan fingerprint density at radius 1 is 1.24 bits per heavy atom. The molecule has 1 fully saturated rings. The lowest BCUT2D eigenvalue weighted by molar-refractivity contribution is -0.128. The standard InChI is InChI=1S/C18H36N4O3/c1-5-20-16(23)18(2,3)14-22-17(19-4)21-9-6-10-25-13-15-7-11-24-12-8-15/h15H,5-14H2,1-4H3,(H,20,23)(H2,19,21,22). The van der Waals surface area contributed by atoms with Gasteiger partial charge in [-0.2, -0.15) is 0 Å².